The maximum Gasteiger partial charge on any atom is 0.266 e. The summed E-state index contributed by atoms with van der Waals surface area (Å²) < 4.78 is 6.74. The Kier molecular flexibility index (Phi) is 4.47. The monoisotopic (exact) mass is 317 g/mol. The summed E-state index contributed by atoms with van der Waals surface area (Å²) in [7, 11) is 0. The molecular formula is C16H23N5O2. The van der Waals surface area contributed by atoms with Gasteiger partial charge < -0.3 is 9.42 Å². The summed E-state index contributed by atoms with van der Waals surface area (Å²) in [6, 6.07) is 3.42. The first-order valence-corrected chi connectivity index (χ1v) is 8.05. The van der Waals surface area contributed by atoms with E-state index >= 15 is 0 Å². The van der Waals surface area contributed by atoms with Crippen molar-refractivity contribution < 1.29 is 4.52 Å². The van der Waals surface area contributed by atoms with Gasteiger partial charge in [0.2, 0.25) is 0 Å². The maximum atomic E-state index is 11.6. The minimum atomic E-state index is -0.0479. The van der Waals surface area contributed by atoms with Crippen LogP contribution in [0.15, 0.2) is 21.5 Å². The lowest BCUT2D eigenvalue weighted by molar-refractivity contribution is 0.247. The maximum absolute atomic E-state index is 11.6. The lowest BCUT2D eigenvalue weighted by Gasteiger charge is -2.35. The Hall–Kier alpha value is -2.15. The van der Waals surface area contributed by atoms with E-state index in [1.54, 1.807) is 6.07 Å². The number of aromatic nitrogens is 3. The number of nitrogens with zero attached hydrogens (tertiary/aromatic N) is 5. The molecule has 0 N–H and O–H groups in total. The van der Waals surface area contributed by atoms with E-state index < -0.39 is 0 Å². The van der Waals surface area contributed by atoms with Crippen molar-refractivity contribution in [2.24, 2.45) is 0 Å². The van der Waals surface area contributed by atoms with Crippen LogP contribution in [0, 0.1) is 13.8 Å². The molecule has 3 rings (SSSR count). The number of anilines is 1. The fraction of sp³-hybridized carbons (Fsp3) is 0.562. The van der Waals surface area contributed by atoms with Crippen LogP contribution in [-0.4, -0.2) is 46.0 Å². The molecule has 0 amide bonds. The molecule has 23 heavy (non-hydrogen) atoms. The summed E-state index contributed by atoms with van der Waals surface area (Å²) in [6.07, 6.45) is 0. The molecule has 3 heterocycles. The SMILES string of the molecule is CCn1nc(N2CCN(Cc3c(C)noc3C)CC2)ccc1=O. The van der Waals surface area contributed by atoms with Gasteiger partial charge in [-0.3, -0.25) is 9.69 Å². The van der Waals surface area contributed by atoms with Crippen molar-refractivity contribution in [1.29, 1.82) is 0 Å². The highest BCUT2D eigenvalue weighted by Gasteiger charge is 2.21. The summed E-state index contributed by atoms with van der Waals surface area (Å²) in [5, 5.41) is 8.45. The molecule has 124 valence electrons. The zero-order valence-corrected chi connectivity index (χ0v) is 13.9. The van der Waals surface area contributed by atoms with Crippen LogP contribution in [0.25, 0.3) is 0 Å². The number of hydrogen-bond acceptors (Lipinski definition) is 6. The van der Waals surface area contributed by atoms with E-state index in [-0.39, 0.29) is 5.56 Å². The second kappa shape index (κ2) is 6.54. The summed E-state index contributed by atoms with van der Waals surface area (Å²) in [6.45, 7) is 11.1. The predicted octanol–water partition coefficient (Wildman–Crippen LogP) is 1.19. The minimum absolute atomic E-state index is 0.0479. The third-order valence-electron chi connectivity index (χ3n) is 4.41. The molecule has 2 aromatic rings. The molecule has 7 nitrogen and oxygen atoms in total. The van der Waals surface area contributed by atoms with Gasteiger partial charge in [-0.1, -0.05) is 5.16 Å². The highest BCUT2D eigenvalue weighted by molar-refractivity contribution is 5.37. The number of hydrogen-bond donors (Lipinski definition) is 0. The molecule has 0 aromatic carbocycles. The van der Waals surface area contributed by atoms with E-state index in [0.717, 1.165) is 50.0 Å². The van der Waals surface area contributed by atoms with Crippen LogP contribution >= 0.6 is 0 Å². The van der Waals surface area contributed by atoms with Crippen LogP contribution in [0.1, 0.15) is 23.9 Å². The molecule has 1 saturated heterocycles. The molecule has 0 saturated carbocycles. The Balaban J connectivity index is 1.63. The molecule has 1 fully saturated rings. The highest BCUT2D eigenvalue weighted by Crippen LogP contribution is 2.17. The van der Waals surface area contributed by atoms with Crippen LogP contribution in [-0.2, 0) is 13.1 Å². The second-order valence-electron chi connectivity index (χ2n) is 5.91. The molecular weight excluding hydrogens is 294 g/mol. The van der Waals surface area contributed by atoms with Crippen molar-refractivity contribution in [2.75, 3.05) is 31.1 Å². The van der Waals surface area contributed by atoms with E-state index in [9.17, 15) is 4.79 Å². The molecule has 1 aliphatic rings. The van der Waals surface area contributed by atoms with Crippen molar-refractivity contribution >= 4 is 5.82 Å². The normalized spacial score (nSPS) is 16.0. The Morgan fingerprint density at radius 2 is 1.91 bits per heavy atom. The molecule has 1 aliphatic heterocycles. The van der Waals surface area contributed by atoms with Crippen molar-refractivity contribution in [1.82, 2.24) is 19.8 Å². The smallest absolute Gasteiger partial charge is 0.266 e. The molecule has 2 aromatic heterocycles. The molecule has 0 bridgehead atoms. The highest BCUT2D eigenvalue weighted by atomic mass is 16.5. The Morgan fingerprint density at radius 3 is 2.52 bits per heavy atom. The van der Waals surface area contributed by atoms with Crippen LogP contribution in [0.5, 0.6) is 0 Å². The van der Waals surface area contributed by atoms with E-state index in [0.29, 0.717) is 6.54 Å². The van der Waals surface area contributed by atoms with E-state index in [1.807, 2.05) is 26.8 Å². The zero-order valence-electron chi connectivity index (χ0n) is 13.9. The molecule has 0 aliphatic carbocycles. The van der Waals surface area contributed by atoms with Crippen molar-refractivity contribution in [3.8, 4) is 0 Å². The fourth-order valence-electron chi connectivity index (χ4n) is 2.92. The summed E-state index contributed by atoms with van der Waals surface area (Å²) in [5.74, 6) is 1.78. The number of piperazine rings is 1. The first-order chi connectivity index (χ1) is 11.1. The molecule has 0 unspecified atom stereocenters. The first kappa shape index (κ1) is 15.7. The van der Waals surface area contributed by atoms with Crippen LogP contribution in [0.2, 0.25) is 0 Å². The summed E-state index contributed by atoms with van der Waals surface area (Å²) in [5.41, 5.74) is 2.12. The van der Waals surface area contributed by atoms with Gasteiger partial charge in [-0.2, -0.15) is 5.10 Å². The van der Waals surface area contributed by atoms with Crippen LogP contribution in [0.3, 0.4) is 0 Å². The van der Waals surface area contributed by atoms with Gasteiger partial charge in [0.1, 0.15) is 11.6 Å². The van der Waals surface area contributed by atoms with Crippen molar-refractivity contribution in [3.05, 3.63) is 39.5 Å². The van der Waals surface area contributed by atoms with E-state index in [1.165, 1.54) is 10.2 Å². The average Bonchev–Trinajstić information content (AvgIpc) is 2.88. The van der Waals surface area contributed by atoms with Gasteiger partial charge in [0.25, 0.3) is 5.56 Å². The largest absolute Gasteiger partial charge is 0.361 e. The first-order valence-electron chi connectivity index (χ1n) is 8.05. The van der Waals surface area contributed by atoms with E-state index in [2.05, 4.69) is 20.1 Å². The third kappa shape index (κ3) is 3.29. The van der Waals surface area contributed by atoms with Crippen LogP contribution in [0.4, 0.5) is 5.82 Å². The summed E-state index contributed by atoms with van der Waals surface area (Å²) in [4.78, 5) is 16.3. The van der Waals surface area contributed by atoms with Gasteiger partial charge in [0.05, 0.1) is 5.69 Å². The predicted molar refractivity (Wildman–Crippen MR) is 87.6 cm³/mol. The molecule has 7 heteroatoms. The number of aryl methyl sites for hydroxylation is 3. The van der Waals surface area contributed by atoms with Gasteiger partial charge in [0.15, 0.2) is 0 Å². The Morgan fingerprint density at radius 1 is 1.17 bits per heavy atom. The van der Waals surface area contributed by atoms with Gasteiger partial charge in [-0.25, -0.2) is 4.68 Å². The fourth-order valence-corrected chi connectivity index (χ4v) is 2.92. The van der Waals surface area contributed by atoms with E-state index in [4.69, 9.17) is 4.52 Å². The third-order valence-corrected chi connectivity index (χ3v) is 4.41. The molecule has 0 atom stereocenters. The van der Waals surface area contributed by atoms with Gasteiger partial charge >= 0.3 is 0 Å². The van der Waals surface area contributed by atoms with Crippen molar-refractivity contribution in [3.63, 3.8) is 0 Å². The average molecular weight is 317 g/mol. The van der Waals surface area contributed by atoms with Crippen LogP contribution < -0.4 is 10.5 Å². The minimum Gasteiger partial charge on any atom is -0.361 e. The topological polar surface area (TPSA) is 67.4 Å². The van der Waals surface area contributed by atoms with Gasteiger partial charge in [-0.05, 0) is 26.8 Å². The summed E-state index contributed by atoms with van der Waals surface area (Å²) >= 11 is 0. The lowest BCUT2D eigenvalue weighted by Crippen LogP contribution is -2.46. The Labute approximate surface area is 135 Å². The zero-order chi connectivity index (χ0) is 16.4. The second-order valence-corrected chi connectivity index (χ2v) is 5.91. The molecule has 0 radical (unpaired) electrons. The number of rotatable bonds is 4. The molecule has 0 spiro atoms. The lowest BCUT2D eigenvalue weighted by atomic mass is 10.2. The Bertz CT molecular complexity index is 709. The quantitative estimate of drug-likeness (QED) is 0.844. The standard InChI is InChI=1S/C16H23N5O2/c1-4-21-16(22)6-5-15(17-21)20-9-7-19(8-10-20)11-14-12(2)18-23-13(14)3/h5-6H,4,7-11H2,1-3H3. The van der Waals surface area contributed by atoms with Gasteiger partial charge in [0, 0.05) is 50.9 Å². The van der Waals surface area contributed by atoms with Gasteiger partial charge in [-0.15, -0.1) is 0 Å². The van der Waals surface area contributed by atoms with Crippen molar-refractivity contribution in [2.45, 2.75) is 33.9 Å².